The van der Waals surface area contributed by atoms with E-state index in [-0.39, 0.29) is 25.7 Å². The molecule has 0 heterocycles. The monoisotopic (exact) mass is 1470 g/mol. The van der Waals surface area contributed by atoms with Gasteiger partial charge in [0, 0.05) is 25.7 Å². The number of carbonyl (C=O) groups excluding carboxylic acids is 4. The molecule has 0 fully saturated rings. The molecule has 0 amide bonds. The summed E-state index contributed by atoms with van der Waals surface area (Å²) in [6, 6.07) is 0. The fourth-order valence-corrected chi connectivity index (χ4v) is 13.9. The zero-order valence-electron chi connectivity index (χ0n) is 65.8. The molecule has 0 aliphatic carbocycles. The lowest BCUT2D eigenvalue weighted by atomic mass is 9.99. The first-order valence-electron chi connectivity index (χ1n) is 41.9. The van der Waals surface area contributed by atoms with Gasteiger partial charge in [0.05, 0.1) is 26.4 Å². The number of aliphatic hydroxyl groups is 1. The minimum Gasteiger partial charge on any atom is -0.462 e. The van der Waals surface area contributed by atoms with Crippen LogP contribution in [0.1, 0.15) is 415 Å². The molecule has 0 aliphatic rings. The molecule has 0 aromatic rings. The Hall–Kier alpha value is -1.94. The molecule has 0 spiro atoms. The SMILES string of the molecule is CCC(C)CCCCCCCCCCCCCCCCCCCCC(=O)O[C@H](COC(=O)CCCCCCCCCCCCCCCCC(C)CC)COP(=O)(O)OC[C@@H](O)COP(=O)(O)OC[C@@H](COC(=O)CCCCCCCCC(C)CC)OC(=O)CCCCCCCCC(C)CC. The second-order valence-corrected chi connectivity index (χ2v) is 33.0. The quantitative estimate of drug-likeness (QED) is 0.0222. The Morgan fingerprint density at radius 2 is 0.450 bits per heavy atom. The fourth-order valence-electron chi connectivity index (χ4n) is 12.3. The number of phosphoric ester groups is 2. The highest BCUT2D eigenvalue weighted by molar-refractivity contribution is 7.47. The summed E-state index contributed by atoms with van der Waals surface area (Å²) in [4.78, 5) is 72.9. The van der Waals surface area contributed by atoms with Crippen molar-refractivity contribution in [2.75, 3.05) is 39.6 Å². The lowest BCUT2D eigenvalue weighted by molar-refractivity contribution is -0.161. The van der Waals surface area contributed by atoms with Gasteiger partial charge in [0.25, 0.3) is 0 Å². The summed E-state index contributed by atoms with van der Waals surface area (Å²) in [7, 11) is -9.92. The van der Waals surface area contributed by atoms with E-state index in [1.54, 1.807) is 0 Å². The second-order valence-electron chi connectivity index (χ2n) is 30.1. The zero-order chi connectivity index (χ0) is 73.8. The van der Waals surface area contributed by atoms with Crippen LogP contribution in [0.2, 0.25) is 0 Å². The lowest BCUT2D eigenvalue weighted by Gasteiger charge is -2.21. The van der Waals surface area contributed by atoms with Gasteiger partial charge in [-0.2, -0.15) is 0 Å². The van der Waals surface area contributed by atoms with Crippen molar-refractivity contribution in [2.45, 2.75) is 433 Å². The van der Waals surface area contributed by atoms with E-state index in [2.05, 4.69) is 55.4 Å². The number of unbranched alkanes of at least 4 members (excludes halogenated alkanes) is 40. The Labute approximate surface area is 613 Å². The molecule has 0 aromatic carbocycles. The summed E-state index contributed by atoms with van der Waals surface area (Å²) in [5.74, 6) is 1.05. The van der Waals surface area contributed by atoms with Gasteiger partial charge in [0.2, 0.25) is 0 Å². The van der Waals surface area contributed by atoms with Crippen molar-refractivity contribution in [3.8, 4) is 0 Å². The highest BCUT2D eigenvalue weighted by Crippen LogP contribution is 2.45. The Kier molecular flexibility index (Phi) is 68.7. The first-order valence-corrected chi connectivity index (χ1v) is 44.8. The van der Waals surface area contributed by atoms with Crippen LogP contribution in [0.4, 0.5) is 0 Å². The van der Waals surface area contributed by atoms with E-state index in [0.717, 1.165) is 120 Å². The number of aliphatic hydroxyl groups excluding tert-OH is 1. The summed E-state index contributed by atoms with van der Waals surface area (Å²) < 4.78 is 68.6. The second kappa shape index (κ2) is 70.1. The van der Waals surface area contributed by atoms with Crippen LogP contribution in [0.5, 0.6) is 0 Å². The predicted octanol–water partition coefficient (Wildman–Crippen LogP) is 24.0. The highest BCUT2D eigenvalue weighted by Gasteiger charge is 2.30. The molecular formula is C81H158O17P2. The first-order chi connectivity index (χ1) is 48.2. The van der Waals surface area contributed by atoms with Gasteiger partial charge in [0.1, 0.15) is 19.3 Å². The largest absolute Gasteiger partial charge is 0.472 e. The fraction of sp³-hybridized carbons (Fsp3) is 0.951. The van der Waals surface area contributed by atoms with Crippen molar-refractivity contribution in [1.29, 1.82) is 0 Å². The van der Waals surface area contributed by atoms with E-state index in [1.165, 1.54) is 212 Å². The predicted molar refractivity (Wildman–Crippen MR) is 409 cm³/mol. The van der Waals surface area contributed by atoms with Crippen LogP contribution < -0.4 is 0 Å². The molecule has 0 radical (unpaired) electrons. The molecule has 3 N–H and O–H groups in total. The van der Waals surface area contributed by atoms with Crippen molar-refractivity contribution in [3.63, 3.8) is 0 Å². The maximum atomic E-state index is 13.1. The molecule has 0 aromatic heterocycles. The minimum atomic E-state index is -4.96. The smallest absolute Gasteiger partial charge is 0.462 e. The summed E-state index contributed by atoms with van der Waals surface area (Å²) in [5, 5.41) is 10.6. The van der Waals surface area contributed by atoms with Crippen LogP contribution in [0, 0.1) is 23.7 Å². The number of rotatable bonds is 78. The Balaban J connectivity index is 5.20. The average Bonchev–Trinajstić information content (AvgIpc) is 1.03. The molecule has 6 unspecified atom stereocenters. The van der Waals surface area contributed by atoms with Gasteiger partial charge >= 0.3 is 39.5 Å². The van der Waals surface area contributed by atoms with Gasteiger partial charge in [0.15, 0.2) is 12.2 Å². The third-order valence-electron chi connectivity index (χ3n) is 20.3. The van der Waals surface area contributed by atoms with Crippen LogP contribution in [-0.4, -0.2) is 96.7 Å². The molecule has 17 nitrogen and oxygen atoms in total. The van der Waals surface area contributed by atoms with E-state index in [9.17, 15) is 43.2 Å². The number of carbonyl (C=O) groups is 4. The van der Waals surface area contributed by atoms with Gasteiger partial charge < -0.3 is 33.8 Å². The topological polar surface area (TPSA) is 237 Å². The van der Waals surface area contributed by atoms with Crippen molar-refractivity contribution in [3.05, 3.63) is 0 Å². The standard InChI is InChI=1S/C81H158O17P2/c1-9-71(5)57-49-41-33-29-25-21-17-15-13-14-16-18-24-28-32-36-47-55-63-80(85)97-76(67-91-78(83)61-53-45-35-31-27-23-20-19-22-26-30-34-42-50-58-72(6)10-2)69-95-99(87,88)93-65-75(82)66-94-100(89,90)96-70-77(98-81(86)64-56-48-40-38-44-52-60-74(8)12-4)68-92-79(84)62-54-46-39-37-43-51-59-73(7)11-3/h71-77,82H,9-70H2,1-8H3,(H,87,88)(H,89,90)/t71?,72?,73?,74?,75-,76-,77-/m1/s1. The Bertz CT molecular complexity index is 1960. The molecule has 9 atom stereocenters. The van der Waals surface area contributed by atoms with Crippen molar-refractivity contribution in [2.24, 2.45) is 23.7 Å². The van der Waals surface area contributed by atoms with Crippen LogP contribution in [0.15, 0.2) is 0 Å². The molecule has 19 heteroatoms. The number of hydrogen-bond acceptors (Lipinski definition) is 15. The zero-order valence-corrected chi connectivity index (χ0v) is 67.6. The number of ether oxygens (including phenoxy) is 4. The Morgan fingerprint density at radius 1 is 0.270 bits per heavy atom. The van der Waals surface area contributed by atoms with Gasteiger partial charge in [-0.15, -0.1) is 0 Å². The van der Waals surface area contributed by atoms with Crippen LogP contribution in [0.25, 0.3) is 0 Å². The molecule has 100 heavy (non-hydrogen) atoms. The van der Waals surface area contributed by atoms with Gasteiger partial charge in [-0.25, -0.2) is 9.13 Å². The van der Waals surface area contributed by atoms with E-state index in [1.807, 2.05) is 0 Å². The normalized spacial score (nSPS) is 15.1. The summed E-state index contributed by atoms with van der Waals surface area (Å²) in [6.45, 7) is 14.3. The maximum Gasteiger partial charge on any atom is 0.472 e. The molecule has 0 saturated carbocycles. The van der Waals surface area contributed by atoms with Crippen molar-refractivity contribution in [1.82, 2.24) is 0 Å². The molecular weight excluding hydrogens is 1310 g/mol. The lowest BCUT2D eigenvalue weighted by Crippen LogP contribution is -2.30. The van der Waals surface area contributed by atoms with Gasteiger partial charge in [-0.3, -0.25) is 37.3 Å². The van der Waals surface area contributed by atoms with Crippen LogP contribution in [-0.2, 0) is 65.4 Å². The summed E-state index contributed by atoms with van der Waals surface area (Å²) in [6.07, 6.45) is 57.0. The number of hydrogen-bond donors (Lipinski definition) is 3. The molecule has 594 valence electrons. The van der Waals surface area contributed by atoms with E-state index in [4.69, 9.17) is 37.0 Å². The number of phosphoric acid groups is 2. The maximum absolute atomic E-state index is 13.1. The number of esters is 4. The van der Waals surface area contributed by atoms with Gasteiger partial charge in [-0.1, -0.05) is 364 Å². The molecule has 0 rings (SSSR count). The third kappa shape index (κ3) is 69.1. The molecule has 0 saturated heterocycles. The van der Waals surface area contributed by atoms with Crippen molar-refractivity contribution >= 4 is 39.5 Å². The summed E-state index contributed by atoms with van der Waals surface area (Å²) >= 11 is 0. The summed E-state index contributed by atoms with van der Waals surface area (Å²) in [5.41, 5.74) is 0. The average molecular weight is 1470 g/mol. The van der Waals surface area contributed by atoms with Crippen LogP contribution >= 0.6 is 15.6 Å². The van der Waals surface area contributed by atoms with E-state index in [0.29, 0.717) is 25.7 Å². The minimum absolute atomic E-state index is 0.102. The Morgan fingerprint density at radius 3 is 0.660 bits per heavy atom. The highest BCUT2D eigenvalue weighted by atomic mass is 31.2. The van der Waals surface area contributed by atoms with Crippen molar-refractivity contribution < 1.29 is 80.2 Å². The van der Waals surface area contributed by atoms with Crippen LogP contribution in [0.3, 0.4) is 0 Å². The van der Waals surface area contributed by atoms with E-state index < -0.39 is 97.5 Å². The molecule has 0 bridgehead atoms. The van der Waals surface area contributed by atoms with Gasteiger partial charge in [-0.05, 0) is 49.4 Å². The molecule has 0 aliphatic heterocycles. The first kappa shape index (κ1) is 98.1. The third-order valence-corrected chi connectivity index (χ3v) is 22.2. The van der Waals surface area contributed by atoms with E-state index >= 15 is 0 Å².